The highest BCUT2D eigenvalue weighted by atomic mass is 35.5. The molecule has 0 fully saturated rings. The molecule has 29 heavy (non-hydrogen) atoms. The van der Waals surface area contributed by atoms with Gasteiger partial charge in [-0.3, -0.25) is 14.4 Å². The lowest BCUT2D eigenvalue weighted by atomic mass is 10.2. The van der Waals surface area contributed by atoms with Crippen molar-refractivity contribution in [1.82, 2.24) is 0 Å². The minimum Gasteiger partial charge on any atom is -0.456 e. The molecular weight excluding hydrogens is 413 g/mol. The number of esters is 1. The van der Waals surface area contributed by atoms with Crippen molar-refractivity contribution in [2.75, 3.05) is 17.2 Å². The molecule has 0 saturated carbocycles. The summed E-state index contributed by atoms with van der Waals surface area (Å²) in [5, 5.41) is 5.19. The fraction of sp³-hybridized carbons (Fsp3) is 0.211. The van der Waals surface area contributed by atoms with Crippen LogP contribution in [0.2, 0.25) is 5.02 Å². The Kier molecular flexibility index (Phi) is 7.60. The van der Waals surface area contributed by atoms with Crippen molar-refractivity contribution in [3.05, 3.63) is 59.1 Å². The number of hydrogen-bond donors (Lipinski definition) is 2. The van der Waals surface area contributed by atoms with Gasteiger partial charge in [-0.2, -0.15) is 13.2 Å². The van der Waals surface area contributed by atoms with Gasteiger partial charge in [-0.25, -0.2) is 0 Å². The summed E-state index contributed by atoms with van der Waals surface area (Å²) in [6.07, 6.45) is -5.00. The van der Waals surface area contributed by atoms with Gasteiger partial charge in [0.25, 0.3) is 5.91 Å². The second-order valence-electron chi connectivity index (χ2n) is 5.85. The summed E-state index contributed by atoms with van der Waals surface area (Å²) >= 11 is 5.80. The maximum absolute atomic E-state index is 12.6. The summed E-state index contributed by atoms with van der Waals surface area (Å²) in [6, 6.07) is 10.5. The van der Waals surface area contributed by atoms with Gasteiger partial charge in [-0.1, -0.05) is 23.7 Å². The van der Waals surface area contributed by atoms with E-state index in [2.05, 4.69) is 10.6 Å². The fourth-order valence-corrected chi connectivity index (χ4v) is 2.38. The molecule has 0 atom stereocenters. The zero-order chi connectivity index (χ0) is 21.4. The Morgan fingerprint density at radius 1 is 0.897 bits per heavy atom. The number of amides is 2. The van der Waals surface area contributed by atoms with Crippen LogP contribution in [0.25, 0.3) is 0 Å². The van der Waals surface area contributed by atoms with E-state index in [1.165, 1.54) is 12.1 Å². The van der Waals surface area contributed by atoms with Crippen molar-refractivity contribution < 1.29 is 32.3 Å². The van der Waals surface area contributed by atoms with Crippen molar-refractivity contribution in [2.24, 2.45) is 0 Å². The molecule has 0 aliphatic rings. The lowest BCUT2D eigenvalue weighted by Crippen LogP contribution is -2.22. The first kappa shape index (κ1) is 22.2. The zero-order valence-corrected chi connectivity index (χ0v) is 15.6. The number of nitrogens with one attached hydrogen (secondary N) is 2. The maximum Gasteiger partial charge on any atom is 0.416 e. The number of hydrogen-bond acceptors (Lipinski definition) is 4. The first-order valence-electron chi connectivity index (χ1n) is 8.31. The van der Waals surface area contributed by atoms with Crippen LogP contribution in [0.15, 0.2) is 48.5 Å². The molecule has 2 aromatic rings. The lowest BCUT2D eigenvalue weighted by Gasteiger charge is -2.10. The van der Waals surface area contributed by atoms with Gasteiger partial charge < -0.3 is 15.4 Å². The van der Waals surface area contributed by atoms with Gasteiger partial charge in [-0.05, 0) is 36.4 Å². The molecule has 2 amide bonds. The van der Waals surface area contributed by atoms with Crippen molar-refractivity contribution in [3.8, 4) is 0 Å². The molecule has 0 bridgehead atoms. The first-order chi connectivity index (χ1) is 13.6. The minimum atomic E-state index is -4.54. The Bertz CT molecular complexity index is 903. The molecule has 0 spiro atoms. The third-order valence-electron chi connectivity index (χ3n) is 3.50. The molecule has 2 N–H and O–H groups in total. The molecule has 0 aliphatic carbocycles. The van der Waals surface area contributed by atoms with Gasteiger partial charge in [0.2, 0.25) is 5.91 Å². The van der Waals surface area contributed by atoms with Crippen LogP contribution in [-0.4, -0.2) is 24.4 Å². The Morgan fingerprint density at radius 2 is 1.52 bits per heavy atom. The molecule has 0 unspecified atom stereocenters. The van der Waals surface area contributed by atoms with Crippen LogP contribution in [0.1, 0.15) is 18.4 Å². The van der Waals surface area contributed by atoms with Gasteiger partial charge >= 0.3 is 12.1 Å². The van der Waals surface area contributed by atoms with Gasteiger partial charge in [0.1, 0.15) is 0 Å². The number of benzene rings is 2. The van der Waals surface area contributed by atoms with E-state index in [1.807, 2.05) is 0 Å². The van der Waals surface area contributed by atoms with E-state index in [0.717, 1.165) is 18.2 Å². The van der Waals surface area contributed by atoms with E-state index < -0.39 is 36.1 Å². The quantitative estimate of drug-likeness (QED) is 0.645. The zero-order valence-electron chi connectivity index (χ0n) is 14.9. The Labute approximate surface area is 169 Å². The fourth-order valence-electron chi connectivity index (χ4n) is 2.19. The van der Waals surface area contributed by atoms with E-state index in [9.17, 15) is 27.6 Å². The molecule has 10 heteroatoms. The average Bonchev–Trinajstić information content (AvgIpc) is 2.64. The topological polar surface area (TPSA) is 84.5 Å². The van der Waals surface area contributed by atoms with Crippen LogP contribution in [0.4, 0.5) is 24.5 Å². The predicted molar refractivity (Wildman–Crippen MR) is 100 cm³/mol. The molecular formula is C19H16ClF3N2O4. The molecule has 154 valence electrons. The molecule has 2 rings (SSSR count). The third kappa shape index (κ3) is 7.82. The van der Waals surface area contributed by atoms with Crippen LogP contribution >= 0.6 is 11.6 Å². The van der Waals surface area contributed by atoms with Crippen molar-refractivity contribution in [2.45, 2.75) is 19.0 Å². The molecule has 0 radical (unpaired) electrons. The highest BCUT2D eigenvalue weighted by molar-refractivity contribution is 6.30. The molecule has 0 aliphatic heterocycles. The van der Waals surface area contributed by atoms with Gasteiger partial charge in [-0.15, -0.1) is 0 Å². The minimum absolute atomic E-state index is 0.0817. The normalized spacial score (nSPS) is 10.9. The largest absolute Gasteiger partial charge is 0.456 e. The van der Waals surface area contributed by atoms with E-state index in [0.29, 0.717) is 10.7 Å². The van der Waals surface area contributed by atoms with Crippen LogP contribution in [0.3, 0.4) is 0 Å². The highest BCUT2D eigenvalue weighted by Gasteiger charge is 2.30. The number of carbonyl (C=O) groups is 3. The number of carbonyl (C=O) groups excluding carboxylic acids is 3. The van der Waals surface area contributed by atoms with E-state index >= 15 is 0 Å². The van der Waals surface area contributed by atoms with E-state index in [-0.39, 0.29) is 18.5 Å². The highest BCUT2D eigenvalue weighted by Crippen LogP contribution is 2.30. The first-order valence-corrected chi connectivity index (χ1v) is 8.69. The standard InChI is InChI=1S/C19H16ClF3N2O4/c20-13-4-2-6-15(10-13)24-16(26)7-8-18(28)29-11-17(27)25-14-5-1-3-12(9-14)19(21,22)23/h1-6,9-10H,7-8,11H2,(H,24,26)(H,25,27). The monoisotopic (exact) mass is 428 g/mol. The molecule has 0 saturated heterocycles. The summed E-state index contributed by atoms with van der Waals surface area (Å²) < 4.78 is 42.7. The van der Waals surface area contributed by atoms with Crippen molar-refractivity contribution >= 4 is 40.8 Å². The molecule has 0 aromatic heterocycles. The second-order valence-corrected chi connectivity index (χ2v) is 6.28. The summed E-state index contributed by atoms with van der Waals surface area (Å²) in [5.74, 6) is -2.05. The summed E-state index contributed by atoms with van der Waals surface area (Å²) in [7, 11) is 0. The van der Waals surface area contributed by atoms with Gasteiger partial charge in [0, 0.05) is 22.8 Å². The number of alkyl halides is 3. The number of ether oxygens (including phenoxy) is 1. The summed E-state index contributed by atoms with van der Waals surface area (Å²) in [6.45, 7) is -0.689. The number of rotatable bonds is 7. The Balaban J connectivity index is 1.73. The Morgan fingerprint density at radius 3 is 2.17 bits per heavy atom. The smallest absolute Gasteiger partial charge is 0.416 e. The van der Waals surface area contributed by atoms with E-state index in [4.69, 9.17) is 16.3 Å². The van der Waals surface area contributed by atoms with E-state index in [1.54, 1.807) is 18.2 Å². The molecule has 0 heterocycles. The SMILES string of the molecule is O=C(CCC(=O)OCC(=O)Nc1cccc(C(F)(F)F)c1)Nc1cccc(Cl)c1. The maximum atomic E-state index is 12.6. The number of anilines is 2. The summed E-state index contributed by atoms with van der Waals surface area (Å²) in [4.78, 5) is 35.2. The number of halogens is 4. The van der Waals surface area contributed by atoms with Crippen molar-refractivity contribution in [1.29, 1.82) is 0 Å². The van der Waals surface area contributed by atoms with Gasteiger partial charge in [0.05, 0.1) is 12.0 Å². The summed E-state index contributed by atoms with van der Waals surface area (Å²) in [5.41, 5.74) is -0.531. The predicted octanol–water partition coefficient (Wildman–Crippen LogP) is 4.26. The van der Waals surface area contributed by atoms with Crippen LogP contribution in [0.5, 0.6) is 0 Å². The lowest BCUT2D eigenvalue weighted by molar-refractivity contribution is -0.147. The average molecular weight is 429 g/mol. The van der Waals surface area contributed by atoms with Crippen LogP contribution in [0, 0.1) is 0 Å². The van der Waals surface area contributed by atoms with Crippen LogP contribution < -0.4 is 10.6 Å². The van der Waals surface area contributed by atoms with Crippen LogP contribution in [-0.2, 0) is 25.3 Å². The Hall–Kier alpha value is -3.07. The van der Waals surface area contributed by atoms with Crippen molar-refractivity contribution in [3.63, 3.8) is 0 Å². The second kappa shape index (κ2) is 9.92. The third-order valence-corrected chi connectivity index (χ3v) is 3.74. The van der Waals surface area contributed by atoms with Gasteiger partial charge in [0.15, 0.2) is 6.61 Å². The molecule has 6 nitrogen and oxygen atoms in total. The molecule has 2 aromatic carbocycles.